The summed E-state index contributed by atoms with van der Waals surface area (Å²) in [5, 5.41) is 11.4. The van der Waals surface area contributed by atoms with Crippen LogP contribution in [0.5, 0.6) is 5.75 Å². The molecular formula is C20H19N5O3S2. The van der Waals surface area contributed by atoms with Gasteiger partial charge in [-0.2, -0.15) is 0 Å². The molecule has 1 aliphatic rings. The van der Waals surface area contributed by atoms with Gasteiger partial charge in [0.15, 0.2) is 4.34 Å². The van der Waals surface area contributed by atoms with Gasteiger partial charge in [0.05, 0.1) is 18.7 Å². The number of carbonyl (C=O) groups excluding carboxylic acids is 2. The summed E-state index contributed by atoms with van der Waals surface area (Å²) in [5.41, 5.74) is 1.70. The van der Waals surface area contributed by atoms with Crippen molar-refractivity contribution in [2.75, 3.05) is 23.9 Å². The first-order chi connectivity index (χ1) is 14.6. The Kier molecular flexibility index (Phi) is 6.24. The molecule has 0 radical (unpaired) electrons. The third-order valence-corrected chi connectivity index (χ3v) is 6.59. The van der Waals surface area contributed by atoms with Crippen molar-refractivity contribution in [3.63, 3.8) is 0 Å². The fraction of sp³-hybridized carbons (Fsp3) is 0.250. The van der Waals surface area contributed by atoms with Crippen molar-refractivity contribution in [3.05, 3.63) is 54.4 Å². The molecule has 2 amide bonds. The number of carbonyl (C=O) groups is 2. The summed E-state index contributed by atoms with van der Waals surface area (Å²) in [5.74, 6) is 0.652. The minimum absolute atomic E-state index is 0.0795. The van der Waals surface area contributed by atoms with Gasteiger partial charge in [0.1, 0.15) is 5.75 Å². The molecular weight excluding hydrogens is 422 g/mol. The zero-order valence-electron chi connectivity index (χ0n) is 16.1. The van der Waals surface area contributed by atoms with Crippen molar-refractivity contribution in [2.24, 2.45) is 5.92 Å². The van der Waals surface area contributed by atoms with Gasteiger partial charge in [-0.1, -0.05) is 29.2 Å². The average molecular weight is 442 g/mol. The van der Waals surface area contributed by atoms with E-state index in [0.717, 1.165) is 15.7 Å². The predicted molar refractivity (Wildman–Crippen MR) is 116 cm³/mol. The second-order valence-electron chi connectivity index (χ2n) is 6.58. The number of amides is 2. The summed E-state index contributed by atoms with van der Waals surface area (Å²) >= 11 is 2.82. The molecule has 154 valence electrons. The highest BCUT2D eigenvalue weighted by Crippen LogP contribution is 2.30. The Bertz CT molecular complexity index is 1030. The molecule has 1 aromatic carbocycles. The predicted octanol–water partition coefficient (Wildman–Crippen LogP) is 3.23. The summed E-state index contributed by atoms with van der Waals surface area (Å²) in [6, 6.07) is 13.0. The van der Waals surface area contributed by atoms with Crippen LogP contribution in [0, 0.1) is 5.92 Å². The molecule has 1 aliphatic heterocycles. The van der Waals surface area contributed by atoms with E-state index in [4.69, 9.17) is 4.74 Å². The molecule has 0 spiro atoms. The Labute approximate surface area is 181 Å². The molecule has 0 saturated carbocycles. The summed E-state index contributed by atoms with van der Waals surface area (Å²) in [6.07, 6.45) is 1.91. The fourth-order valence-electron chi connectivity index (χ4n) is 3.04. The number of ether oxygens (including phenoxy) is 1. The summed E-state index contributed by atoms with van der Waals surface area (Å²) in [7, 11) is 1.59. The maximum atomic E-state index is 12.6. The first-order valence-corrected chi connectivity index (χ1v) is 11.0. The highest BCUT2D eigenvalue weighted by molar-refractivity contribution is 8.00. The average Bonchev–Trinajstić information content (AvgIpc) is 3.39. The first-order valence-electron chi connectivity index (χ1n) is 9.24. The molecule has 3 heterocycles. The lowest BCUT2D eigenvalue weighted by Crippen LogP contribution is -2.28. The van der Waals surface area contributed by atoms with Gasteiger partial charge in [0.25, 0.3) is 0 Å². The van der Waals surface area contributed by atoms with E-state index in [0.29, 0.717) is 23.2 Å². The van der Waals surface area contributed by atoms with E-state index in [1.807, 2.05) is 30.3 Å². The maximum absolute atomic E-state index is 12.6. The van der Waals surface area contributed by atoms with Crippen molar-refractivity contribution < 1.29 is 14.3 Å². The Morgan fingerprint density at radius 2 is 2.10 bits per heavy atom. The van der Waals surface area contributed by atoms with Gasteiger partial charge < -0.3 is 15.0 Å². The van der Waals surface area contributed by atoms with E-state index in [1.54, 1.807) is 30.3 Å². The summed E-state index contributed by atoms with van der Waals surface area (Å²) in [4.78, 5) is 30.9. The van der Waals surface area contributed by atoms with Crippen LogP contribution in [-0.4, -0.2) is 40.7 Å². The minimum atomic E-state index is -0.437. The van der Waals surface area contributed by atoms with Gasteiger partial charge in [0.2, 0.25) is 16.9 Å². The van der Waals surface area contributed by atoms with E-state index in [9.17, 15) is 9.59 Å². The molecule has 30 heavy (non-hydrogen) atoms. The molecule has 2 aromatic heterocycles. The second kappa shape index (κ2) is 9.23. The van der Waals surface area contributed by atoms with E-state index < -0.39 is 5.92 Å². The number of nitrogens with one attached hydrogen (secondary N) is 1. The van der Waals surface area contributed by atoms with Crippen LogP contribution in [-0.2, 0) is 15.3 Å². The zero-order chi connectivity index (χ0) is 20.9. The van der Waals surface area contributed by atoms with Crippen LogP contribution in [0.1, 0.15) is 12.1 Å². The molecule has 1 atom stereocenters. The van der Waals surface area contributed by atoms with Crippen LogP contribution >= 0.6 is 23.1 Å². The molecule has 0 bridgehead atoms. The van der Waals surface area contributed by atoms with Crippen LogP contribution in [0.25, 0.3) is 0 Å². The standard InChI is InChI=1S/C20H19N5O3S2/c1-28-16-7-5-15(6-8-16)25-11-13(10-17(25)26)18(27)22-19-23-24-20(30-19)29-12-14-4-2-3-9-21-14/h2-9,13H,10-12H2,1H3,(H,22,23,27)/t13-/m0/s1. The SMILES string of the molecule is COc1ccc(N2C[C@@H](C(=O)Nc3nnc(SCc4ccccn4)s3)CC2=O)cc1. The van der Waals surface area contributed by atoms with Crippen LogP contribution in [0.2, 0.25) is 0 Å². The van der Waals surface area contributed by atoms with Crippen molar-refractivity contribution in [1.82, 2.24) is 15.2 Å². The highest BCUT2D eigenvalue weighted by atomic mass is 32.2. The fourth-order valence-corrected chi connectivity index (χ4v) is 4.71. The number of hydrogen-bond donors (Lipinski definition) is 1. The molecule has 3 aromatic rings. The largest absolute Gasteiger partial charge is 0.497 e. The van der Waals surface area contributed by atoms with Crippen molar-refractivity contribution in [1.29, 1.82) is 0 Å². The third-order valence-electron chi connectivity index (χ3n) is 4.59. The quantitative estimate of drug-likeness (QED) is 0.444. The number of anilines is 2. The highest BCUT2D eigenvalue weighted by Gasteiger charge is 2.35. The summed E-state index contributed by atoms with van der Waals surface area (Å²) < 4.78 is 5.89. The topological polar surface area (TPSA) is 97.3 Å². The molecule has 8 nitrogen and oxygen atoms in total. The molecule has 0 unspecified atom stereocenters. The second-order valence-corrected chi connectivity index (χ2v) is 8.78. The third kappa shape index (κ3) is 4.77. The van der Waals surface area contributed by atoms with Crippen LogP contribution in [0.3, 0.4) is 0 Å². The molecule has 1 fully saturated rings. The lowest BCUT2D eigenvalue weighted by Gasteiger charge is -2.16. The van der Waals surface area contributed by atoms with Crippen molar-refractivity contribution in [3.8, 4) is 5.75 Å². The van der Waals surface area contributed by atoms with E-state index in [2.05, 4.69) is 20.5 Å². The number of aromatic nitrogens is 3. The number of benzene rings is 1. The molecule has 1 N–H and O–H groups in total. The van der Waals surface area contributed by atoms with Crippen LogP contribution < -0.4 is 15.0 Å². The van der Waals surface area contributed by atoms with Gasteiger partial charge in [-0.15, -0.1) is 10.2 Å². The molecule has 4 rings (SSSR count). The Balaban J connectivity index is 1.33. The van der Waals surface area contributed by atoms with E-state index >= 15 is 0 Å². The first kappa shape index (κ1) is 20.3. The maximum Gasteiger partial charge on any atom is 0.231 e. The number of thioether (sulfide) groups is 1. The molecule has 1 saturated heterocycles. The number of rotatable bonds is 7. The van der Waals surface area contributed by atoms with Gasteiger partial charge in [-0.25, -0.2) is 0 Å². The van der Waals surface area contributed by atoms with Crippen molar-refractivity contribution >= 4 is 45.7 Å². The van der Waals surface area contributed by atoms with E-state index in [1.165, 1.54) is 23.1 Å². The monoisotopic (exact) mass is 441 g/mol. The smallest absolute Gasteiger partial charge is 0.231 e. The zero-order valence-corrected chi connectivity index (χ0v) is 17.8. The number of pyridine rings is 1. The van der Waals surface area contributed by atoms with Crippen molar-refractivity contribution in [2.45, 2.75) is 16.5 Å². The van der Waals surface area contributed by atoms with Gasteiger partial charge in [0, 0.05) is 30.6 Å². The van der Waals surface area contributed by atoms with Gasteiger partial charge >= 0.3 is 0 Å². The number of nitrogens with zero attached hydrogens (tertiary/aromatic N) is 4. The Hall–Kier alpha value is -2.98. The normalized spacial score (nSPS) is 16.0. The Morgan fingerprint density at radius 3 is 2.83 bits per heavy atom. The van der Waals surface area contributed by atoms with E-state index in [-0.39, 0.29) is 18.2 Å². The molecule has 10 heteroatoms. The number of methoxy groups -OCH3 is 1. The van der Waals surface area contributed by atoms with Gasteiger partial charge in [-0.3, -0.25) is 14.6 Å². The molecule has 0 aliphatic carbocycles. The van der Waals surface area contributed by atoms with Crippen LogP contribution in [0.15, 0.2) is 53.0 Å². The van der Waals surface area contributed by atoms with Crippen LogP contribution in [0.4, 0.5) is 10.8 Å². The minimum Gasteiger partial charge on any atom is -0.497 e. The lowest BCUT2D eigenvalue weighted by molar-refractivity contribution is -0.122. The summed E-state index contributed by atoms with van der Waals surface area (Å²) in [6.45, 7) is 0.330. The van der Waals surface area contributed by atoms with Gasteiger partial charge in [-0.05, 0) is 36.4 Å². The Morgan fingerprint density at radius 1 is 1.27 bits per heavy atom. The number of hydrogen-bond acceptors (Lipinski definition) is 8. The lowest BCUT2D eigenvalue weighted by atomic mass is 10.1.